The molecule has 19 heavy (non-hydrogen) atoms. The highest BCUT2D eigenvalue weighted by molar-refractivity contribution is 5.30. The van der Waals surface area contributed by atoms with E-state index in [0.29, 0.717) is 12.1 Å². The number of hydrogen-bond acceptors (Lipinski definition) is 2. The van der Waals surface area contributed by atoms with Gasteiger partial charge in [0.2, 0.25) is 0 Å². The highest BCUT2D eigenvalue weighted by atomic mass is 19.1. The van der Waals surface area contributed by atoms with Crippen molar-refractivity contribution >= 4 is 0 Å². The van der Waals surface area contributed by atoms with Crippen molar-refractivity contribution in [1.82, 2.24) is 5.32 Å². The van der Waals surface area contributed by atoms with Crippen molar-refractivity contribution in [3.05, 3.63) is 65.5 Å². The third-order valence-electron chi connectivity index (χ3n) is 3.15. The first kappa shape index (κ1) is 13.6. The Kier molecular flexibility index (Phi) is 4.53. The third-order valence-corrected chi connectivity index (χ3v) is 3.15. The van der Waals surface area contributed by atoms with Gasteiger partial charge >= 0.3 is 0 Å². The zero-order valence-corrected chi connectivity index (χ0v) is 11.2. The molecule has 0 radical (unpaired) electrons. The molecule has 0 unspecified atom stereocenters. The van der Waals surface area contributed by atoms with E-state index >= 15 is 0 Å². The SMILES string of the molecule is COc1cccc([C@@H](C)NCc2ccccc2F)c1. The van der Waals surface area contributed by atoms with Gasteiger partial charge in [0.1, 0.15) is 11.6 Å². The Morgan fingerprint density at radius 1 is 1.16 bits per heavy atom. The first-order chi connectivity index (χ1) is 9.20. The van der Waals surface area contributed by atoms with E-state index in [9.17, 15) is 4.39 Å². The summed E-state index contributed by atoms with van der Waals surface area (Å²) >= 11 is 0. The van der Waals surface area contributed by atoms with Crippen LogP contribution >= 0.6 is 0 Å². The van der Waals surface area contributed by atoms with Crippen LogP contribution in [0.4, 0.5) is 4.39 Å². The predicted molar refractivity (Wildman–Crippen MR) is 74.6 cm³/mol. The van der Waals surface area contributed by atoms with Gasteiger partial charge < -0.3 is 10.1 Å². The Morgan fingerprint density at radius 2 is 1.95 bits per heavy atom. The average Bonchev–Trinajstić information content (AvgIpc) is 2.46. The molecule has 2 rings (SSSR count). The van der Waals surface area contributed by atoms with Crippen molar-refractivity contribution in [2.75, 3.05) is 7.11 Å². The smallest absolute Gasteiger partial charge is 0.127 e. The summed E-state index contributed by atoms with van der Waals surface area (Å²) in [4.78, 5) is 0. The molecule has 1 atom stereocenters. The Balaban J connectivity index is 2.01. The molecule has 0 saturated heterocycles. The van der Waals surface area contributed by atoms with Gasteiger partial charge in [-0.2, -0.15) is 0 Å². The average molecular weight is 259 g/mol. The second kappa shape index (κ2) is 6.34. The fourth-order valence-corrected chi connectivity index (χ4v) is 1.93. The quantitative estimate of drug-likeness (QED) is 0.884. The van der Waals surface area contributed by atoms with E-state index in [1.54, 1.807) is 19.2 Å². The Morgan fingerprint density at radius 3 is 2.68 bits per heavy atom. The normalized spacial score (nSPS) is 12.2. The number of benzene rings is 2. The molecule has 0 amide bonds. The van der Waals surface area contributed by atoms with Crippen molar-refractivity contribution < 1.29 is 9.13 Å². The highest BCUT2D eigenvalue weighted by Gasteiger charge is 2.07. The lowest BCUT2D eigenvalue weighted by Gasteiger charge is -2.15. The molecule has 0 saturated carbocycles. The zero-order valence-electron chi connectivity index (χ0n) is 11.2. The van der Waals surface area contributed by atoms with E-state index in [-0.39, 0.29) is 11.9 Å². The fraction of sp³-hybridized carbons (Fsp3) is 0.250. The third kappa shape index (κ3) is 3.55. The van der Waals surface area contributed by atoms with Crippen LogP contribution in [-0.2, 0) is 6.54 Å². The number of methoxy groups -OCH3 is 1. The number of halogens is 1. The predicted octanol–water partition coefficient (Wildman–Crippen LogP) is 3.69. The minimum Gasteiger partial charge on any atom is -0.497 e. The summed E-state index contributed by atoms with van der Waals surface area (Å²) in [5.41, 5.74) is 1.80. The van der Waals surface area contributed by atoms with Crippen LogP contribution in [0.2, 0.25) is 0 Å². The summed E-state index contributed by atoms with van der Waals surface area (Å²) in [5.74, 6) is 0.657. The molecule has 2 aromatic carbocycles. The largest absolute Gasteiger partial charge is 0.497 e. The molecule has 0 heterocycles. The monoisotopic (exact) mass is 259 g/mol. The summed E-state index contributed by atoms with van der Waals surface area (Å²) < 4.78 is 18.7. The summed E-state index contributed by atoms with van der Waals surface area (Å²) in [5, 5.41) is 3.31. The Hall–Kier alpha value is -1.87. The number of hydrogen-bond donors (Lipinski definition) is 1. The van der Waals surface area contributed by atoms with Gasteiger partial charge in [0.05, 0.1) is 7.11 Å². The van der Waals surface area contributed by atoms with Crippen molar-refractivity contribution in [1.29, 1.82) is 0 Å². The number of rotatable bonds is 5. The molecular formula is C16H18FNO. The van der Waals surface area contributed by atoms with E-state index in [0.717, 1.165) is 11.3 Å². The van der Waals surface area contributed by atoms with Crippen LogP contribution in [0.3, 0.4) is 0 Å². The van der Waals surface area contributed by atoms with Crippen LogP contribution in [0, 0.1) is 5.82 Å². The second-order valence-corrected chi connectivity index (χ2v) is 4.47. The lowest BCUT2D eigenvalue weighted by Crippen LogP contribution is -2.18. The van der Waals surface area contributed by atoms with Crippen molar-refractivity contribution in [2.24, 2.45) is 0 Å². The molecule has 0 aliphatic heterocycles. The number of ether oxygens (including phenoxy) is 1. The standard InChI is InChI=1S/C16H18FNO/c1-12(13-7-5-8-15(10-13)19-2)18-11-14-6-3-4-9-16(14)17/h3-10,12,18H,11H2,1-2H3/t12-/m1/s1. The lowest BCUT2D eigenvalue weighted by molar-refractivity contribution is 0.413. The first-order valence-electron chi connectivity index (χ1n) is 6.31. The summed E-state index contributed by atoms with van der Waals surface area (Å²) in [6, 6.07) is 14.8. The van der Waals surface area contributed by atoms with E-state index in [2.05, 4.69) is 12.2 Å². The van der Waals surface area contributed by atoms with E-state index in [1.807, 2.05) is 30.3 Å². The maximum absolute atomic E-state index is 13.5. The summed E-state index contributed by atoms with van der Waals surface area (Å²) in [6.07, 6.45) is 0. The summed E-state index contributed by atoms with van der Waals surface area (Å²) in [7, 11) is 1.65. The van der Waals surface area contributed by atoms with Crippen LogP contribution < -0.4 is 10.1 Å². The van der Waals surface area contributed by atoms with E-state index < -0.39 is 0 Å². The number of nitrogens with one attached hydrogen (secondary N) is 1. The molecule has 3 heteroatoms. The molecule has 0 fully saturated rings. The van der Waals surface area contributed by atoms with Crippen LogP contribution in [0.1, 0.15) is 24.1 Å². The van der Waals surface area contributed by atoms with Gasteiger partial charge in [-0.15, -0.1) is 0 Å². The van der Waals surface area contributed by atoms with Gasteiger partial charge in [0.15, 0.2) is 0 Å². The zero-order chi connectivity index (χ0) is 13.7. The second-order valence-electron chi connectivity index (χ2n) is 4.47. The van der Waals surface area contributed by atoms with Gasteiger partial charge in [0.25, 0.3) is 0 Å². The van der Waals surface area contributed by atoms with Gasteiger partial charge in [-0.25, -0.2) is 4.39 Å². The molecule has 2 aromatic rings. The first-order valence-corrected chi connectivity index (χ1v) is 6.31. The van der Waals surface area contributed by atoms with Crippen LogP contribution in [0.25, 0.3) is 0 Å². The molecule has 0 aliphatic rings. The molecule has 1 N–H and O–H groups in total. The molecular weight excluding hydrogens is 241 g/mol. The van der Waals surface area contributed by atoms with Crippen LogP contribution in [0.15, 0.2) is 48.5 Å². The molecule has 0 bridgehead atoms. The van der Waals surface area contributed by atoms with E-state index in [4.69, 9.17) is 4.74 Å². The molecule has 100 valence electrons. The van der Waals surface area contributed by atoms with Gasteiger partial charge in [-0.1, -0.05) is 30.3 Å². The fourth-order valence-electron chi connectivity index (χ4n) is 1.93. The molecule has 0 aliphatic carbocycles. The van der Waals surface area contributed by atoms with Crippen LogP contribution in [0.5, 0.6) is 5.75 Å². The van der Waals surface area contributed by atoms with Crippen molar-refractivity contribution in [3.8, 4) is 5.75 Å². The highest BCUT2D eigenvalue weighted by Crippen LogP contribution is 2.19. The molecule has 0 aromatic heterocycles. The van der Waals surface area contributed by atoms with Gasteiger partial charge in [0, 0.05) is 18.2 Å². The Labute approximate surface area is 113 Å². The topological polar surface area (TPSA) is 21.3 Å². The van der Waals surface area contributed by atoms with Crippen molar-refractivity contribution in [2.45, 2.75) is 19.5 Å². The lowest BCUT2D eigenvalue weighted by atomic mass is 10.1. The van der Waals surface area contributed by atoms with Crippen LogP contribution in [-0.4, -0.2) is 7.11 Å². The minimum absolute atomic E-state index is 0.134. The van der Waals surface area contributed by atoms with E-state index in [1.165, 1.54) is 6.07 Å². The van der Waals surface area contributed by atoms with Crippen molar-refractivity contribution in [3.63, 3.8) is 0 Å². The Bertz CT molecular complexity index is 542. The maximum atomic E-state index is 13.5. The van der Waals surface area contributed by atoms with Gasteiger partial charge in [-0.3, -0.25) is 0 Å². The van der Waals surface area contributed by atoms with Gasteiger partial charge in [-0.05, 0) is 30.7 Å². The molecule has 0 spiro atoms. The minimum atomic E-state index is -0.173. The molecule has 2 nitrogen and oxygen atoms in total. The maximum Gasteiger partial charge on any atom is 0.127 e. The summed E-state index contributed by atoms with van der Waals surface area (Å²) in [6.45, 7) is 2.56.